The zero-order valence-electron chi connectivity index (χ0n) is 15.3. The quantitative estimate of drug-likeness (QED) is 0.833. The zero-order chi connectivity index (χ0) is 17.9. The van der Waals surface area contributed by atoms with Crippen molar-refractivity contribution in [2.24, 2.45) is 5.92 Å². The second kappa shape index (κ2) is 8.03. The van der Waals surface area contributed by atoms with E-state index >= 15 is 0 Å². The Morgan fingerprint density at radius 1 is 1.32 bits per heavy atom. The van der Waals surface area contributed by atoms with Crippen molar-refractivity contribution >= 4 is 5.91 Å². The third-order valence-electron chi connectivity index (χ3n) is 6.51. The lowest BCUT2D eigenvalue weighted by molar-refractivity contribution is -0.137. The van der Waals surface area contributed by atoms with Crippen LogP contribution in [0.2, 0.25) is 0 Å². The van der Waals surface area contributed by atoms with Gasteiger partial charge in [-0.2, -0.15) is 5.26 Å². The van der Waals surface area contributed by atoms with Gasteiger partial charge in [-0.25, -0.2) is 0 Å². The fraction of sp³-hybridized carbons (Fsp3) is 0.895. The molecular formula is C19H31N3O3. The van der Waals surface area contributed by atoms with Crippen LogP contribution < -0.4 is 0 Å². The van der Waals surface area contributed by atoms with E-state index in [0.717, 1.165) is 51.5 Å². The SMILES string of the molecule is CN(C(=O)CN1CCC[C@@H]1[C@@H]1COCC[C@H]1O)C1(C#N)CCCCC1. The monoisotopic (exact) mass is 349 g/mol. The summed E-state index contributed by atoms with van der Waals surface area (Å²) in [6.07, 6.45) is 7.15. The first-order valence-electron chi connectivity index (χ1n) is 9.75. The fourth-order valence-electron chi connectivity index (χ4n) is 4.83. The molecule has 3 rings (SSSR count). The zero-order valence-corrected chi connectivity index (χ0v) is 15.3. The summed E-state index contributed by atoms with van der Waals surface area (Å²) in [6.45, 7) is 2.42. The normalized spacial score (nSPS) is 32.9. The molecule has 0 aromatic carbocycles. The molecule has 0 aromatic rings. The van der Waals surface area contributed by atoms with Crippen LogP contribution in [0.5, 0.6) is 0 Å². The molecule has 1 saturated carbocycles. The number of aliphatic hydroxyl groups excluding tert-OH is 1. The van der Waals surface area contributed by atoms with E-state index in [4.69, 9.17) is 4.74 Å². The molecule has 3 atom stereocenters. The standard InChI is InChI=1S/C19H31N3O3/c1-21(19(14-20)8-3-2-4-9-19)18(24)12-22-10-5-6-16(22)15-13-25-11-7-17(15)23/h15-17,23H,2-13H2,1H3/t15-,16+,17+/m0/s1. The second-order valence-electron chi connectivity index (χ2n) is 7.93. The largest absolute Gasteiger partial charge is 0.393 e. The van der Waals surface area contributed by atoms with Gasteiger partial charge in [0.25, 0.3) is 0 Å². The van der Waals surface area contributed by atoms with Crippen molar-refractivity contribution in [2.75, 3.05) is 33.4 Å². The molecule has 3 aliphatic rings. The first-order valence-corrected chi connectivity index (χ1v) is 9.75. The van der Waals surface area contributed by atoms with Gasteiger partial charge in [0.05, 0.1) is 25.3 Å². The molecule has 0 aromatic heterocycles. The molecule has 25 heavy (non-hydrogen) atoms. The first kappa shape index (κ1) is 18.6. The number of nitrogens with zero attached hydrogens (tertiary/aromatic N) is 3. The highest BCUT2D eigenvalue weighted by atomic mass is 16.5. The number of carbonyl (C=O) groups excluding carboxylic acids is 1. The van der Waals surface area contributed by atoms with Gasteiger partial charge < -0.3 is 14.7 Å². The highest BCUT2D eigenvalue weighted by Gasteiger charge is 2.42. The Kier molecular flexibility index (Phi) is 5.98. The maximum Gasteiger partial charge on any atom is 0.237 e. The number of nitriles is 1. The van der Waals surface area contributed by atoms with Crippen LogP contribution >= 0.6 is 0 Å². The Bertz CT molecular complexity index is 513. The van der Waals surface area contributed by atoms with Crippen molar-refractivity contribution in [1.82, 2.24) is 9.80 Å². The molecule has 0 bridgehead atoms. The van der Waals surface area contributed by atoms with Crippen LogP contribution in [-0.4, -0.2) is 71.8 Å². The molecule has 1 amide bonds. The summed E-state index contributed by atoms with van der Waals surface area (Å²) in [4.78, 5) is 16.8. The molecule has 0 spiro atoms. The molecule has 140 valence electrons. The average Bonchev–Trinajstić information content (AvgIpc) is 3.09. The second-order valence-corrected chi connectivity index (χ2v) is 7.93. The van der Waals surface area contributed by atoms with E-state index in [0.29, 0.717) is 26.2 Å². The summed E-state index contributed by atoms with van der Waals surface area (Å²) in [5, 5.41) is 20.0. The predicted octanol–water partition coefficient (Wildman–Crippen LogP) is 1.53. The van der Waals surface area contributed by atoms with Crippen LogP contribution in [0.25, 0.3) is 0 Å². The number of amides is 1. The van der Waals surface area contributed by atoms with Crippen LogP contribution in [0.15, 0.2) is 0 Å². The van der Waals surface area contributed by atoms with Gasteiger partial charge in [0.15, 0.2) is 0 Å². The smallest absolute Gasteiger partial charge is 0.237 e. The van der Waals surface area contributed by atoms with Gasteiger partial charge in [0, 0.05) is 25.6 Å². The van der Waals surface area contributed by atoms with Gasteiger partial charge in [-0.15, -0.1) is 0 Å². The van der Waals surface area contributed by atoms with Crippen LogP contribution in [-0.2, 0) is 9.53 Å². The fourth-order valence-corrected chi connectivity index (χ4v) is 4.83. The molecule has 1 N–H and O–H groups in total. The highest BCUT2D eigenvalue weighted by Crippen LogP contribution is 2.34. The number of likely N-dealkylation sites (tertiary alicyclic amines) is 1. The van der Waals surface area contributed by atoms with E-state index < -0.39 is 5.54 Å². The molecule has 0 unspecified atom stereocenters. The Morgan fingerprint density at radius 3 is 2.76 bits per heavy atom. The summed E-state index contributed by atoms with van der Waals surface area (Å²) in [5.74, 6) is 0.121. The van der Waals surface area contributed by atoms with Gasteiger partial charge in [-0.05, 0) is 38.6 Å². The molecule has 6 heteroatoms. The predicted molar refractivity (Wildman–Crippen MR) is 93.7 cm³/mol. The van der Waals surface area contributed by atoms with Crippen molar-refractivity contribution in [3.63, 3.8) is 0 Å². The van der Waals surface area contributed by atoms with Crippen LogP contribution in [0.1, 0.15) is 51.4 Å². The lowest BCUT2D eigenvalue weighted by Gasteiger charge is -2.41. The van der Waals surface area contributed by atoms with E-state index in [1.807, 2.05) is 0 Å². The first-order chi connectivity index (χ1) is 12.1. The van der Waals surface area contributed by atoms with E-state index in [1.165, 1.54) is 0 Å². The Morgan fingerprint density at radius 2 is 2.08 bits per heavy atom. The van der Waals surface area contributed by atoms with Crippen LogP contribution in [0.4, 0.5) is 0 Å². The molecule has 0 radical (unpaired) electrons. The van der Waals surface area contributed by atoms with Gasteiger partial charge >= 0.3 is 0 Å². The Balaban J connectivity index is 1.64. The third kappa shape index (κ3) is 3.84. The van der Waals surface area contributed by atoms with Crippen molar-refractivity contribution in [1.29, 1.82) is 5.26 Å². The molecule has 1 aliphatic carbocycles. The number of hydrogen-bond donors (Lipinski definition) is 1. The summed E-state index contributed by atoms with van der Waals surface area (Å²) in [7, 11) is 1.79. The number of hydrogen-bond acceptors (Lipinski definition) is 5. The van der Waals surface area contributed by atoms with Gasteiger partial charge in [-0.1, -0.05) is 19.3 Å². The Hall–Kier alpha value is -1.16. The van der Waals surface area contributed by atoms with Gasteiger partial charge in [0.2, 0.25) is 5.91 Å². The minimum Gasteiger partial charge on any atom is -0.393 e. The number of carbonyl (C=O) groups is 1. The number of ether oxygens (including phenoxy) is 1. The number of likely N-dealkylation sites (N-methyl/N-ethyl adjacent to an activating group) is 1. The molecular weight excluding hydrogens is 318 g/mol. The number of aliphatic hydroxyl groups is 1. The maximum absolute atomic E-state index is 12.9. The van der Waals surface area contributed by atoms with Crippen molar-refractivity contribution in [3.05, 3.63) is 0 Å². The summed E-state index contributed by atoms with van der Waals surface area (Å²) in [5.41, 5.74) is -0.627. The lowest BCUT2D eigenvalue weighted by atomic mass is 9.81. The van der Waals surface area contributed by atoms with Gasteiger partial charge in [0.1, 0.15) is 5.54 Å². The molecule has 3 fully saturated rings. The number of rotatable bonds is 4. The van der Waals surface area contributed by atoms with E-state index in [-0.39, 0.29) is 24.0 Å². The van der Waals surface area contributed by atoms with Gasteiger partial charge in [-0.3, -0.25) is 9.69 Å². The summed E-state index contributed by atoms with van der Waals surface area (Å²) < 4.78 is 5.57. The minimum absolute atomic E-state index is 0.0292. The Labute approximate surface area is 150 Å². The molecule has 2 saturated heterocycles. The lowest BCUT2D eigenvalue weighted by Crippen LogP contribution is -2.54. The van der Waals surface area contributed by atoms with Crippen LogP contribution in [0, 0.1) is 17.2 Å². The van der Waals surface area contributed by atoms with E-state index in [1.54, 1.807) is 11.9 Å². The molecule has 2 aliphatic heterocycles. The molecule has 2 heterocycles. The third-order valence-corrected chi connectivity index (χ3v) is 6.51. The minimum atomic E-state index is -0.627. The highest BCUT2D eigenvalue weighted by molar-refractivity contribution is 5.79. The maximum atomic E-state index is 12.9. The topological polar surface area (TPSA) is 76.8 Å². The summed E-state index contributed by atoms with van der Waals surface area (Å²) >= 11 is 0. The van der Waals surface area contributed by atoms with Crippen molar-refractivity contribution in [2.45, 2.75) is 69.1 Å². The summed E-state index contributed by atoms with van der Waals surface area (Å²) in [6, 6.07) is 2.64. The van der Waals surface area contributed by atoms with Crippen molar-refractivity contribution < 1.29 is 14.6 Å². The van der Waals surface area contributed by atoms with Crippen molar-refractivity contribution in [3.8, 4) is 6.07 Å². The molecule has 6 nitrogen and oxygen atoms in total. The van der Waals surface area contributed by atoms with E-state index in [2.05, 4.69) is 11.0 Å². The average molecular weight is 349 g/mol. The van der Waals surface area contributed by atoms with E-state index in [9.17, 15) is 15.2 Å². The van der Waals surface area contributed by atoms with Crippen LogP contribution in [0.3, 0.4) is 0 Å².